The van der Waals surface area contributed by atoms with E-state index in [2.05, 4.69) is 9.47 Å². The predicted octanol–water partition coefficient (Wildman–Crippen LogP) is -1.29. The van der Waals surface area contributed by atoms with Crippen LogP contribution in [-0.4, -0.2) is 47.4 Å². The second kappa shape index (κ2) is 3.62. The van der Waals surface area contributed by atoms with Crippen LogP contribution in [0.25, 0.3) is 0 Å². The standard InChI is InChI=1S/C7H8O7/c1-13-4-2(5(8)9)3(6(10)11)14-7(4)12/h2-4H,1H3,(H,8,9)(H,10,11). The van der Waals surface area contributed by atoms with Gasteiger partial charge in [0.15, 0.2) is 6.10 Å². The fourth-order valence-corrected chi connectivity index (χ4v) is 1.28. The first-order chi connectivity index (χ1) is 6.49. The van der Waals surface area contributed by atoms with Crippen LogP contribution in [-0.2, 0) is 23.9 Å². The van der Waals surface area contributed by atoms with E-state index in [4.69, 9.17) is 10.2 Å². The summed E-state index contributed by atoms with van der Waals surface area (Å²) in [5.74, 6) is -5.39. The summed E-state index contributed by atoms with van der Waals surface area (Å²) < 4.78 is 8.91. The third-order valence-corrected chi connectivity index (χ3v) is 1.91. The minimum atomic E-state index is -1.68. The van der Waals surface area contributed by atoms with Gasteiger partial charge in [-0.1, -0.05) is 0 Å². The Morgan fingerprint density at radius 1 is 1.36 bits per heavy atom. The number of carbonyl (C=O) groups is 3. The summed E-state index contributed by atoms with van der Waals surface area (Å²) in [5, 5.41) is 17.2. The van der Waals surface area contributed by atoms with Crippen molar-refractivity contribution in [3.8, 4) is 0 Å². The van der Waals surface area contributed by atoms with E-state index in [9.17, 15) is 14.4 Å². The number of hydrogen-bond acceptors (Lipinski definition) is 5. The monoisotopic (exact) mass is 204 g/mol. The van der Waals surface area contributed by atoms with Crippen molar-refractivity contribution in [2.24, 2.45) is 5.92 Å². The number of methoxy groups -OCH3 is 1. The molecule has 7 heteroatoms. The van der Waals surface area contributed by atoms with Crippen molar-refractivity contribution < 1.29 is 34.1 Å². The Bertz CT molecular complexity index is 284. The van der Waals surface area contributed by atoms with Crippen molar-refractivity contribution >= 4 is 17.9 Å². The van der Waals surface area contributed by atoms with Crippen molar-refractivity contribution in [3.63, 3.8) is 0 Å². The van der Waals surface area contributed by atoms with E-state index in [0.29, 0.717) is 0 Å². The quantitative estimate of drug-likeness (QED) is 0.550. The van der Waals surface area contributed by atoms with Crippen LogP contribution >= 0.6 is 0 Å². The molecule has 3 unspecified atom stereocenters. The third-order valence-electron chi connectivity index (χ3n) is 1.91. The van der Waals surface area contributed by atoms with E-state index >= 15 is 0 Å². The smallest absolute Gasteiger partial charge is 0.346 e. The molecule has 3 atom stereocenters. The number of carboxylic acids is 2. The van der Waals surface area contributed by atoms with Crippen LogP contribution in [0, 0.1) is 5.92 Å². The average molecular weight is 204 g/mol. The van der Waals surface area contributed by atoms with Crippen LogP contribution in [0.2, 0.25) is 0 Å². The first-order valence-electron chi connectivity index (χ1n) is 3.68. The molecule has 0 radical (unpaired) electrons. The molecule has 0 aromatic carbocycles. The van der Waals surface area contributed by atoms with Crippen LogP contribution in [0.15, 0.2) is 0 Å². The van der Waals surface area contributed by atoms with Gasteiger partial charge in [-0.25, -0.2) is 9.59 Å². The summed E-state index contributed by atoms with van der Waals surface area (Å²) in [7, 11) is 1.12. The SMILES string of the molecule is COC1C(=O)OC(C(=O)O)C1C(=O)O. The summed E-state index contributed by atoms with van der Waals surface area (Å²) in [6.45, 7) is 0. The van der Waals surface area contributed by atoms with Gasteiger partial charge < -0.3 is 19.7 Å². The summed E-state index contributed by atoms with van der Waals surface area (Å²) >= 11 is 0. The third kappa shape index (κ3) is 1.53. The Hall–Kier alpha value is -1.63. The Kier molecular flexibility index (Phi) is 2.70. The predicted molar refractivity (Wildman–Crippen MR) is 39.4 cm³/mol. The number of carbonyl (C=O) groups excluding carboxylic acids is 1. The van der Waals surface area contributed by atoms with Crippen LogP contribution in [0.4, 0.5) is 0 Å². The Morgan fingerprint density at radius 3 is 2.29 bits per heavy atom. The fraction of sp³-hybridized carbons (Fsp3) is 0.571. The number of ether oxygens (including phenoxy) is 2. The van der Waals surface area contributed by atoms with Crippen LogP contribution < -0.4 is 0 Å². The topological polar surface area (TPSA) is 110 Å². The Balaban J connectivity index is 2.96. The Morgan fingerprint density at radius 2 is 1.93 bits per heavy atom. The normalized spacial score (nSPS) is 31.2. The molecule has 1 aliphatic rings. The lowest BCUT2D eigenvalue weighted by Gasteiger charge is -2.11. The van der Waals surface area contributed by atoms with E-state index < -0.39 is 36.0 Å². The lowest BCUT2D eigenvalue weighted by molar-refractivity contribution is -0.161. The molecule has 7 nitrogen and oxygen atoms in total. The molecule has 1 rings (SSSR count). The van der Waals surface area contributed by atoms with E-state index in [-0.39, 0.29) is 0 Å². The Labute approximate surface area is 78.2 Å². The minimum Gasteiger partial charge on any atom is -0.481 e. The minimum absolute atomic E-state index is 0.965. The maximum absolute atomic E-state index is 11.0. The molecule has 78 valence electrons. The highest BCUT2D eigenvalue weighted by atomic mass is 16.6. The molecule has 0 bridgehead atoms. The largest absolute Gasteiger partial charge is 0.481 e. The van der Waals surface area contributed by atoms with Crippen molar-refractivity contribution in [2.75, 3.05) is 7.11 Å². The van der Waals surface area contributed by atoms with Gasteiger partial charge in [-0.2, -0.15) is 0 Å². The van der Waals surface area contributed by atoms with Crippen LogP contribution in [0.3, 0.4) is 0 Å². The van der Waals surface area contributed by atoms with E-state index in [1.165, 1.54) is 0 Å². The molecular weight excluding hydrogens is 196 g/mol. The van der Waals surface area contributed by atoms with Crippen molar-refractivity contribution in [1.82, 2.24) is 0 Å². The van der Waals surface area contributed by atoms with Gasteiger partial charge in [0, 0.05) is 7.11 Å². The van der Waals surface area contributed by atoms with E-state index in [0.717, 1.165) is 7.11 Å². The van der Waals surface area contributed by atoms with Gasteiger partial charge in [-0.15, -0.1) is 0 Å². The number of esters is 1. The molecule has 1 heterocycles. The van der Waals surface area contributed by atoms with Gasteiger partial charge in [-0.05, 0) is 0 Å². The van der Waals surface area contributed by atoms with Gasteiger partial charge in [0.25, 0.3) is 0 Å². The summed E-state index contributed by atoms with van der Waals surface area (Å²) in [6, 6.07) is 0. The highest BCUT2D eigenvalue weighted by molar-refractivity contribution is 5.93. The van der Waals surface area contributed by atoms with E-state index in [1.807, 2.05) is 0 Å². The van der Waals surface area contributed by atoms with Gasteiger partial charge in [0.05, 0.1) is 0 Å². The number of hydrogen-bond donors (Lipinski definition) is 2. The number of rotatable bonds is 3. The molecule has 0 aliphatic carbocycles. The van der Waals surface area contributed by atoms with Gasteiger partial charge in [-0.3, -0.25) is 4.79 Å². The molecule has 2 N–H and O–H groups in total. The summed E-state index contributed by atoms with van der Waals surface area (Å²) in [4.78, 5) is 32.1. The number of cyclic esters (lactones) is 1. The molecule has 1 fully saturated rings. The fourth-order valence-electron chi connectivity index (χ4n) is 1.28. The highest BCUT2D eigenvalue weighted by Gasteiger charge is 2.53. The van der Waals surface area contributed by atoms with Gasteiger partial charge >= 0.3 is 17.9 Å². The first-order valence-corrected chi connectivity index (χ1v) is 3.68. The van der Waals surface area contributed by atoms with Crippen LogP contribution in [0.5, 0.6) is 0 Å². The number of carboxylic acid groups (broad SMARTS) is 2. The molecule has 14 heavy (non-hydrogen) atoms. The second-order valence-corrected chi connectivity index (χ2v) is 2.72. The average Bonchev–Trinajstić information content (AvgIpc) is 2.42. The maximum Gasteiger partial charge on any atom is 0.346 e. The maximum atomic E-state index is 11.0. The van der Waals surface area contributed by atoms with Gasteiger partial charge in [0.2, 0.25) is 6.10 Å². The lowest BCUT2D eigenvalue weighted by Crippen LogP contribution is -2.37. The van der Waals surface area contributed by atoms with E-state index in [1.54, 1.807) is 0 Å². The summed E-state index contributed by atoms with van der Waals surface area (Å²) in [5.41, 5.74) is 0. The second-order valence-electron chi connectivity index (χ2n) is 2.72. The molecule has 0 saturated carbocycles. The molecule has 1 saturated heterocycles. The highest BCUT2D eigenvalue weighted by Crippen LogP contribution is 2.25. The molecule has 1 aliphatic heterocycles. The van der Waals surface area contributed by atoms with Gasteiger partial charge in [0.1, 0.15) is 5.92 Å². The van der Waals surface area contributed by atoms with Crippen molar-refractivity contribution in [1.29, 1.82) is 0 Å². The molecule has 0 amide bonds. The van der Waals surface area contributed by atoms with Crippen LogP contribution in [0.1, 0.15) is 0 Å². The zero-order chi connectivity index (χ0) is 10.9. The summed E-state index contributed by atoms with van der Waals surface area (Å²) in [6.07, 6.45) is -3.03. The number of aliphatic carboxylic acids is 2. The molecule has 0 spiro atoms. The molecular formula is C7H8O7. The van der Waals surface area contributed by atoms with Crippen molar-refractivity contribution in [2.45, 2.75) is 12.2 Å². The molecule has 0 aromatic heterocycles. The first kappa shape index (κ1) is 10.5. The zero-order valence-corrected chi connectivity index (χ0v) is 7.17. The lowest BCUT2D eigenvalue weighted by atomic mass is 9.99. The molecule has 0 aromatic rings. The zero-order valence-electron chi connectivity index (χ0n) is 7.17. The van der Waals surface area contributed by atoms with Crippen molar-refractivity contribution in [3.05, 3.63) is 0 Å².